The first kappa shape index (κ1) is 14.2. The summed E-state index contributed by atoms with van der Waals surface area (Å²) in [5.41, 5.74) is 8.18. The van der Waals surface area contributed by atoms with Crippen LogP contribution in [0.25, 0.3) is 10.9 Å². The van der Waals surface area contributed by atoms with Crippen LogP contribution in [0.2, 0.25) is 0 Å². The lowest BCUT2D eigenvalue weighted by molar-refractivity contribution is -0.118. The lowest BCUT2D eigenvalue weighted by Crippen LogP contribution is -2.11. The average Bonchev–Trinajstić information content (AvgIpc) is 2.99. The van der Waals surface area contributed by atoms with E-state index in [2.05, 4.69) is 20.2 Å². The van der Waals surface area contributed by atoms with Crippen LogP contribution in [0, 0.1) is 0 Å². The van der Waals surface area contributed by atoms with Crippen LogP contribution in [-0.2, 0) is 4.79 Å². The zero-order valence-corrected chi connectivity index (χ0v) is 12.1. The number of aromatic nitrogens is 4. The Hall–Kier alpha value is -2.76. The van der Waals surface area contributed by atoms with Gasteiger partial charge in [0.2, 0.25) is 5.91 Å². The lowest BCUT2D eigenvalue weighted by atomic mass is 9.91. The Morgan fingerprint density at radius 3 is 3.00 bits per heavy atom. The predicted molar refractivity (Wildman–Crippen MR) is 83.0 cm³/mol. The van der Waals surface area contributed by atoms with Crippen LogP contribution in [0.5, 0.6) is 0 Å². The summed E-state index contributed by atoms with van der Waals surface area (Å²) in [5.74, 6) is -0.185. The first-order valence-electron chi connectivity index (χ1n) is 7.21. The largest absolute Gasteiger partial charge is 0.370 e. The zero-order chi connectivity index (χ0) is 15.4. The second-order valence-electron chi connectivity index (χ2n) is 5.26. The molecule has 0 aliphatic rings. The maximum absolute atomic E-state index is 11.0. The molecule has 0 bridgehead atoms. The molecule has 3 rings (SSSR count). The van der Waals surface area contributed by atoms with Crippen molar-refractivity contribution in [1.82, 2.24) is 20.2 Å². The van der Waals surface area contributed by atoms with Gasteiger partial charge >= 0.3 is 0 Å². The van der Waals surface area contributed by atoms with Crippen LogP contribution >= 0.6 is 0 Å². The molecule has 0 aliphatic carbocycles. The van der Waals surface area contributed by atoms with E-state index >= 15 is 0 Å². The molecule has 0 fully saturated rings. The van der Waals surface area contributed by atoms with Crippen LogP contribution in [0.4, 0.5) is 0 Å². The Morgan fingerprint density at radius 1 is 1.32 bits per heavy atom. The molecular weight excluding hydrogens is 278 g/mol. The van der Waals surface area contributed by atoms with E-state index in [1.807, 2.05) is 24.4 Å². The summed E-state index contributed by atoms with van der Waals surface area (Å²) < 4.78 is 0. The van der Waals surface area contributed by atoms with Crippen molar-refractivity contribution in [3.8, 4) is 0 Å². The highest BCUT2D eigenvalue weighted by molar-refractivity contribution is 5.77. The summed E-state index contributed by atoms with van der Waals surface area (Å²) >= 11 is 0. The summed E-state index contributed by atoms with van der Waals surface area (Å²) in [5, 5.41) is 7.94. The molecule has 3 aromatic heterocycles. The highest BCUT2D eigenvalue weighted by Gasteiger charge is 2.17. The number of carbonyl (C=O) groups excluding carboxylic acids is 1. The molecule has 3 aromatic rings. The van der Waals surface area contributed by atoms with E-state index < -0.39 is 0 Å². The quantitative estimate of drug-likeness (QED) is 0.728. The van der Waals surface area contributed by atoms with Crippen molar-refractivity contribution in [2.75, 3.05) is 0 Å². The fraction of sp³-hybridized carbons (Fsp3) is 0.250. The third-order valence-corrected chi connectivity index (χ3v) is 3.71. The van der Waals surface area contributed by atoms with Gasteiger partial charge in [0, 0.05) is 35.8 Å². The van der Waals surface area contributed by atoms with Crippen molar-refractivity contribution < 1.29 is 4.79 Å². The summed E-state index contributed by atoms with van der Waals surface area (Å²) in [6, 6.07) is 5.97. The molecule has 22 heavy (non-hydrogen) atoms. The highest BCUT2D eigenvalue weighted by atomic mass is 16.1. The van der Waals surface area contributed by atoms with Crippen molar-refractivity contribution in [1.29, 1.82) is 0 Å². The second-order valence-corrected chi connectivity index (χ2v) is 5.26. The smallest absolute Gasteiger partial charge is 0.217 e. The first-order chi connectivity index (χ1) is 10.7. The van der Waals surface area contributed by atoms with Crippen molar-refractivity contribution in [2.24, 2.45) is 5.73 Å². The minimum atomic E-state index is -0.275. The summed E-state index contributed by atoms with van der Waals surface area (Å²) in [7, 11) is 0. The van der Waals surface area contributed by atoms with Gasteiger partial charge in [-0.3, -0.25) is 19.9 Å². The molecule has 1 amide bonds. The van der Waals surface area contributed by atoms with Gasteiger partial charge in [-0.1, -0.05) is 6.07 Å². The molecule has 3 heterocycles. The molecule has 0 radical (unpaired) electrons. The molecular formula is C16H17N5O. The molecule has 6 heteroatoms. The first-order valence-corrected chi connectivity index (χ1v) is 7.21. The molecule has 1 atom stereocenters. The lowest BCUT2D eigenvalue weighted by Gasteiger charge is -2.16. The maximum Gasteiger partial charge on any atom is 0.217 e. The Kier molecular flexibility index (Phi) is 4.09. The molecule has 0 aliphatic heterocycles. The van der Waals surface area contributed by atoms with E-state index in [4.69, 9.17) is 5.73 Å². The Morgan fingerprint density at radius 2 is 2.23 bits per heavy atom. The van der Waals surface area contributed by atoms with Crippen LogP contribution < -0.4 is 5.73 Å². The molecule has 0 aromatic carbocycles. The van der Waals surface area contributed by atoms with Crippen molar-refractivity contribution >= 4 is 16.8 Å². The second kappa shape index (κ2) is 6.34. The number of primary amides is 1. The predicted octanol–water partition coefficient (Wildman–Crippen LogP) is 2.14. The van der Waals surface area contributed by atoms with E-state index in [1.165, 1.54) is 0 Å². The number of aromatic amines is 1. The van der Waals surface area contributed by atoms with E-state index in [0.717, 1.165) is 35.0 Å². The summed E-state index contributed by atoms with van der Waals surface area (Å²) in [6.45, 7) is 0. The number of pyridine rings is 2. The standard InChI is InChI=1S/C16H17N5O/c17-16(22)5-1-4-13(11-3-2-6-18-8-11)14-7-12-9-20-21-15(12)10-19-14/h2-3,6-10,13H,1,4-5H2,(H2,17,22)(H,20,21). The topological polar surface area (TPSA) is 97.5 Å². The number of H-pyrrole nitrogens is 1. The minimum Gasteiger partial charge on any atom is -0.370 e. The number of nitrogens with two attached hydrogens (primary N) is 1. The molecule has 0 spiro atoms. The normalized spacial score (nSPS) is 12.4. The van der Waals surface area contributed by atoms with Gasteiger partial charge in [0.25, 0.3) is 0 Å². The van der Waals surface area contributed by atoms with Crippen LogP contribution in [0.3, 0.4) is 0 Å². The van der Waals surface area contributed by atoms with E-state index in [-0.39, 0.29) is 11.8 Å². The molecule has 0 saturated carbocycles. The number of carbonyl (C=O) groups is 1. The average molecular weight is 295 g/mol. The molecule has 1 unspecified atom stereocenters. The van der Waals surface area contributed by atoms with Crippen molar-refractivity contribution in [3.05, 3.63) is 54.2 Å². The highest BCUT2D eigenvalue weighted by Crippen LogP contribution is 2.29. The van der Waals surface area contributed by atoms with Gasteiger partial charge in [0.1, 0.15) is 0 Å². The van der Waals surface area contributed by atoms with Gasteiger partial charge < -0.3 is 5.73 Å². The zero-order valence-electron chi connectivity index (χ0n) is 12.1. The van der Waals surface area contributed by atoms with E-state index in [0.29, 0.717) is 6.42 Å². The third kappa shape index (κ3) is 3.11. The fourth-order valence-electron chi connectivity index (χ4n) is 2.60. The van der Waals surface area contributed by atoms with Crippen LogP contribution in [0.1, 0.15) is 36.4 Å². The number of nitrogens with zero attached hydrogens (tertiary/aromatic N) is 3. The fourth-order valence-corrected chi connectivity index (χ4v) is 2.60. The SMILES string of the molecule is NC(=O)CCCC(c1cccnc1)c1cc2cn[nH]c2cn1. The number of nitrogens with one attached hydrogen (secondary N) is 1. The number of amides is 1. The monoisotopic (exact) mass is 295 g/mol. The van der Waals surface area contributed by atoms with Crippen molar-refractivity contribution in [2.45, 2.75) is 25.2 Å². The van der Waals surface area contributed by atoms with Gasteiger partial charge in [0.05, 0.1) is 17.9 Å². The van der Waals surface area contributed by atoms with Crippen LogP contribution in [-0.4, -0.2) is 26.1 Å². The molecule has 0 saturated heterocycles. The minimum absolute atomic E-state index is 0.0901. The number of fused-ring (bicyclic) bond motifs is 1. The maximum atomic E-state index is 11.0. The Labute approximate surface area is 127 Å². The van der Waals surface area contributed by atoms with Gasteiger partial charge in [-0.2, -0.15) is 5.10 Å². The summed E-state index contributed by atoms with van der Waals surface area (Å²) in [6.07, 6.45) is 9.06. The van der Waals surface area contributed by atoms with Crippen molar-refractivity contribution in [3.63, 3.8) is 0 Å². The number of hydrogen-bond acceptors (Lipinski definition) is 4. The third-order valence-electron chi connectivity index (χ3n) is 3.71. The van der Waals surface area contributed by atoms with Gasteiger partial charge in [-0.05, 0) is 30.5 Å². The molecule has 6 nitrogen and oxygen atoms in total. The Bertz CT molecular complexity index is 768. The van der Waals surface area contributed by atoms with Gasteiger partial charge in [0.15, 0.2) is 0 Å². The van der Waals surface area contributed by atoms with E-state index in [1.54, 1.807) is 18.6 Å². The van der Waals surface area contributed by atoms with Gasteiger partial charge in [-0.15, -0.1) is 0 Å². The number of rotatable bonds is 6. The van der Waals surface area contributed by atoms with Crippen LogP contribution in [0.15, 0.2) is 43.0 Å². The number of hydrogen-bond donors (Lipinski definition) is 2. The van der Waals surface area contributed by atoms with E-state index in [9.17, 15) is 4.79 Å². The Balaban J connectivity index is 1.91. The molecule has 3 N–H and O–H groups in total. The summed E-state index contributed by atoms with van der Waals surface area (Å²) in [4.78, 5) is 19.7. The molecule has 112 valence electrons. The van der Waals surface area contributed by atoms with Gasteiger partial charge in [-0.25, -0.2) is 0 Å².